The van der Waals surface area contributed by atoms with Crippen molar-refractivity contribution in [3.05, 3.63) is 53.1 Å². The smallest absolute Gasteiger partial charge is 0.221 e. The van der Waals surface area contributed by atoms with Gasteiger partial charge in [-0.15, -0.1) is 0 Å². The van der Waals surface area contributed by atoms with Crippen LogP contribution in [0.15, 0.2) is 35.8 Å². The quantitative estimate of drug-likeness (QED) is 0.238. The molecule has 118 valence electrons. The van der Waals surface area contributed by atoms with Gasteiger partial charge in [-0.1, -0.05) is 0 Å². The molecule has 2 aromatic rings. The molecule has 2 rings (SSSR count). The van der Waals surface area contributed by atoms with E-state index in [-0.39, 0.29) is 22.4 Å². The Morgan fingerprint density at radius 1 is 1.26 bits per heavy atom. The van der Waals surface area contributed by atoms with E-state index in [4.69, 9.17) is 5.84 Å². The maximum atomic E-state index is 12.6. The molecule has 0 bridgehead atoms. The molecule has 0 aliphatic rings. The highest BCUT2D eigenvalue weighted by atomic mass is 16.3. The molecule has 0 amide bonds. The maximum absolute atomic E-state index is 12.6. The number of aryl methyl sites for hydroxylation is 1. The Morgan fingerprint density at radius 2 is 1.91 bits per heavy atom. The largest absolute Gasteiger partial charge is 0.505 e. The number of Topliss-reactive ketones (excluding diaryl/α,β-unsaturated/α-hetero) is 2. The number of rotatable bonds is 5. The Bertz CT molecular complexity index is 788. The van der Waals surface area contributed by atoms with E-state index in [1.54, 1.807) is 0 Å². The summed E-state index contributed by atoms with van der Waals surface area (Å²) in [6.45, 7) is 0.945. The summed E-state index contributed by atoms with van der Waals surface area (Å²) in [5.74, 6) is 3.18. The van der Waals surface area contributed by atoms with Gasteiger partial charge in [0.2, 0.25) is 11.6 Å². The number of aliphatic hydroxyl groups excluding tert-OH is 1. The van der Waals surface area contributed by atoms with Crippen molar-refractivity contribution in [2.24, 2.45) is 10.9 Å². The summed E-state index contributed by atoms with van der Waals surface area (Å²) >= 11 is 0. The van der Waals surface area contributed by atoms with Crippen LogP contribution in [0.5, 0.6) is 5.75 Å². The minimum absolute atomic E-state index is 0.0711. The summed E-state index contributed by atoms with van der Waals surface area (Å²) in [6, 6.07) is 2.82. The van der Waals surface area contributed by atoms with Gasteiger partial charge in [-0.05, 0) is 19.1 Å². The predicted octanol–water partition coefficient (Wildman–Crippen LogP) is 0.363. The number of nitrogens with zero attached hydrogens (tertiary/aromatic N) is 3. The average molecular weight is 314 g/mol. The lowest BCUT2D eigenvalue weighted by Crippen LogP contribution is -2.27. The van der Waals surface area contributed by atoms with E-state index < -0.39 is 29.6 Å². The van der Waals surface area contributed by atoms with Gasteiger partial charge in [0.05, 0.1) is 17.9 Å². The van der Waals surface area contributed by atoms with Crippen LogP contribution in [0.3, 0.4) is 0 Å². The molecule has 0 spiro atoms. The summed E-state index contributed by atoms with van der Waals surface area (Å²) in [5, 5.41) is 22.7. The number of aromatic nitrogens is 2. The molecule has 4 N–H and O–H groups in total. The third kappa shape index (κ3) is 3.06. The summed E-state index contributed by atoms with van der Waals surface area (Å²) in [5.41, 5.74) is -0.383. The minimum atomic E-state index is -0.888. The van der Waals surface area contributed by atoms with Crippen LogP contribution in [0.1, 0.15) is 32.0 Å². The predicted molar refractivity (Wildman–Crippen MR) is 81.1 cm³/mol. The molecule has 2 heterocycles. The molecular weight excluding hydrogens is 300 g/mol. The molecule has 8 heteroatoms. The van der Waals surface area contributed by atoms with Crippen molar-refractivity contribution >= 4 is 17.3 Å². The van der Waals surface area contributed by atoms with Crippen molar-refractivity contribution in [2.75, 3.05) is 0 Å². The van der Waals surface area contributed by atoms with Crippen LogP contribution in [0.4, 0.5) is 0 Å². The lowest BCUT2D eigenvalue weighted by Gasteiger charge is -2.11. The van der Waals surface area contributed by atoms with Gasteiger partial charge >= 0.3 is 0 Å². The Kier molecular flexibility index (Phi) is 4.77. The Hall–Kier alpha value is -3.13. The van der Waals surface area contributed by atoms with E-state index in [0.717, 1.165) is 0 Å². The van der Waals surface area contributed by atoms with Crippen molar-refractivity contribution in [3.63, 3.8) is 0 Å². The monoisotopic (exact) mass is 314 g/mol. The molecule has 0 unspecified atom stereocenters. The van der Waals surface area contributed by atoms with E-state index in [1.165, 1.54) is 37.6 Å². The van der Waals surface area contributed by atoms with Crippen molar-refractivity contribution in [1.82, 2.24) is 9.97 Å². The first-order chi connectivity index (χ1) is 11.0. The van der Waals surface area contributed by atoms with E-state index in [2.05, 4.69) is 15.1 Å². The van der Waals surface area contributed by atoms with Crippen LogP contribution in [0.2, 0.25) is 0 Å². The van der Waals surface area contributed by atoms with Gasteiger partial charge in [0.15, 0.2) is 5.71 Å². The summed E-state index contributed by atoms with van der Waals surface area (Å²) in [7, 11) is 0. The van der Waals surface area contributed by atoms with Crippen LogP contribution in [0.25, 0.3) is 0 Å². The fourth-order valence-corrected chi connectivity index (χ4v) is 1.99. The Balaban J connectivity index is 2.51. The molecule has 0 saturated carbocycles. The normalized spacial score (nSPS) is 11.3. The second-order valence-corrected chi connectivity index (χ2v) is 4.62. The number of aromatic hydroxyl groups is 1. The van der Waals surface area contributed by atoms with Crippen LogP contribution in [-0.4, -0.2) is 37.5 Å². The fraction of sp³-hybridized carbons (Fsp3) is 0.133. The number of ketones is 2. The van der Waals surface area contributed by atoms with Gasteiger partial charge in [0.25, 0.3) is 0 Å². The van der Waals surface area contributed by atoms with Gasteiger partial charge in [-0.25, -0.2) is 0 Å². The van der Waals surface area contributed by atoms with Gasteiger partial charge in [-0.3, -0.25) is 19.6 Å². The highest BCUT2D eigenvalue weighted by Crippen LogP contribution is 2.25. The molecule has 0 aliphatic heterocycles. The second kappa shape index (κ2) is 6.75. The van der Waals surface area contributed by atoms with Gasteiger partial charge < -0.3 is 16.1 Å². The first kappa shape index (κ1) is 16.2. The summed E-state index contributed by atoms with van der Waals surface area (Å²) < 4.78 is 0. The summed E-state index contributed by atoms with van der Waals surface area (Å²) in [4.78, 5) is 32.6. The molecule has 0 aliphatic carbocycles. The zero-order chi connectivity index (χ0) is 17.0. The first-order valence-electron chi connectivity index (χ1n) is 6.56. The third-order valence-corrected chi connectivity index (χ3v) is 3.21. The molecule has 0 fully saturated rings. The van der Waals surface area contributed by atoms with Gasteiger partial charge in [0, 0.05) is 29.7 Å². The zero-order valence-corrected chi connectivity index (χ0v) is 12.2. The van der Waals surface area contributed by atoms with Gasteiger partial charge in [0.1, 0.15) is 5.75 Å². The van der Waals surface area contributed by atoms with Crippen molar-refractivity contribution < 1.29 is 19.8 Å². The number of hydrogen-bond donors (Lipinski definition) is 3. The number of hydrazone groups is 1. The van der Waals surface area contributed by atoms with Crippen LogP contribution in [-0.2, 0) is 6.61 Å². The van der Waals surface area contributed by atoms with E-state index in [1.807, 2.05) is 0 Å². The number of aliphatic hydroxyl groups is 1. The average Bonchev–Trinajstić information content (AvgIpc) is 2.58. The molecular formula is C15H14N4O4. The molecule has 8 nitrogen and oxygen atoms in total. The van der Waals surface area contributed by atoms with Crippen LogP contribution >= 0.6 is 0 Å². The lowest BCUT2D eigenvalue weighted by molar-refractivity contribution is 0.101. The van der Waals surface area contributed by atoms with E-state index in [0.29, 0.717) is 0 Å². The minimum Gasteiger partial charge on any atom is -0.505 e. The second-order valence-electron chi connectivity index (χ2n) is 4.62. The van der Waals surface area contributed by atoms with Crippen molar-refractivity contribution in [3.8, 4) is 5.75 Å². The topological polar surface area (TPSA) is 139 Å². The highest BCUT2D eigenvalue weighted by Gasteiger charge is 2.28. The van der Waals surface area contributed by atoms with Crippen LogP contribution < -0.4 is 5.84 Å². The van der Waals surface area contributed by atoms with E-state index in [9.17, 15) is 19.8 Å². The lowest BCUT2D eigenvalue weighted by atomic mass is 9.96. The molecule has 23 heavy (non-hydrogen) atoms. The maximum Gasteiger partial charge on any atom is 0.221 e. The number of pyridine rings is 2. The third-order valence-electron chi connectivity index (χ3n) is 3.21. The van der Waals surface area contributed by atoms with Crippen LogP contribution in [0, 0.1) is 6.92 Å². The molecule has 2 aromatic heterocycles. The molecule has 0 atom stereocenters. The molecule has 0 saturated heterocycles. The van der Waals surface area contributed by atoms with Crippen molar-refractivity contribution in [1.29, 1.82) is 0 Å². The standard InChI is InChI=1S/C15H14N4O4/c1-8-13(21)11(10(7-20)6-18-8)15(23)12(19-16)14(22)9-2-4-17-5-3-9/h2-6,20-21H,7,16H2,1H3/b19-12+. The SMILES string of the molecule is Cc1ncc(CO)c(C(=O)/C(=N/N)C(=O)c2ccncc2)c1O. The summed E-state index contributed by atoms with van der Waals surface area (Å²) in [6.07, 6.45) is 4.02. The Morgan fingerprint density at radius 3 is 2.48 bits per heavy atom. The number of nitrogens with two attached hydrogens (primary N) is 1. The Labute approximate surface area is 131 Å². The highest BCUT2D eigenvalue weighted by molar-refractivity contribution is 6.72. The molecule has 0 aromatic carbocycles. The van der Waals surface area contributed by atoms with Gasteiger partial charge in [-0.2, -0.15) is 5.10 Å². The van der Waals surface area contributed by atoms with E-state index >= 15 is 0 Å². The fourth-order valence-electron chi connectivity index (χ4n) is 1.99. The molecule has 0 radical (unpaired) electrons. The first-order valence-corrected chi connectivity index (χ1v) is 6.56. The zero-order valence-electron chi connectivity index (χ0n) is 12.2. The number of carbonyl (C=O) groups is 2. The number of hydrogen-bond acceptors (Lipinski definition) is 8. The number of carbonyl (C=O) groups excluding carboxylic acids is 2. The van der Waals surface area contributed by atoms with Crippen molar-refractivity contribution in [2.45, 2.75) is 13.5 Å².